The molecule has 6 bridgehead atoms. The van der Waals surface area contributed by atoms with Gasteiger partial charge in [-0.05, 0) is 100.0 Å². The number of hydroxylamine groups is 3. The highest BCUT2D eigenvalue weighted by atomic mass is 35.5. The van der Waals surface area contributed by atoms with Crippen molar-refractivity contribution in [2.75, 3.05) is 33.7 Å². The lowest BCUT2D eigenvalue weighted by molar-refractivity contribution is -1.11. The van der Waals surface area contributed by atoms with E-state index in [0.29, 0.717) is 59.8 Å². The Hall–Kier alpha value is -3.59. The number of benzene rings is 3. The quantitative estimate of drug-likeness (QED) is 0.186. The van der Waals surface area contributed by atoms with E-state index < -0.39 is 0 Å². The summed E-state index contributed by atoms with van der Waals surface area (Å²) in [6.45, 7) is 16.7. The third kappa shape index (κ3) is 5.64. The minimum absolute atomic E-state index is 0. The Kier molecular flexibility index (Phi) is 10.8. The summed E-state index contributed by atoms with van der Waals surface area (Å²) in [5.74, 6) is 6.70. The highest BCUT2D eigenvalue weighted by Crippen LogP contribution is 2.65. The topological polar surface area (TPSA) is 63.2 Å². The molecule has 0 radical (unpaired) electrons. The summed E-state index contributed by atoms with van der Waals surface area (Å²) in [5, 5.41) is 14.7. The lowest BCUT2D eigenvalue weighted by Crippen LogP contribution is -3.00. The smallest absolute Gasteiger partial charge is 0.130 e. The number of hydrogen-bond acceptors (Lipinski definition) is 6. The predicted molar refractivity (Wildman–Crippen MR) is 260 cm³/mol. The van der Waals surface area contributed by atoms with Crippen molar-refractivity contribution >= 4 is 0 Å². The fourth-order valence-corrected chi connectivity index (χ4v) is 16.9. The van der Waals surface area contributed by atoms with Crippen molar-refractivity contribution in [3.8, 4) is 17.2 Å². The number of halogens is 1. The molecule has 3 aromatic rings. The van der Waals surface area contributed by atoms with Crippen LogP contribution >= 0.6 is 0 Å². The summed E-state index contributed by atoms with van der Waals surface area (Å²) >= 11 is 0. The van der Waals surface area contributed by atoms with Gasteiger partial charge >= 0.3 is 0 Å². The third-order valence-corrected chi connectivity index (χ3v) is 19.7. The molecule has 15 rings (SSSR count). The first kappa shape index (κ1) is 46.2. The van der Waals surface area contributed by atoms with E-state index in [-0.39, 0.29) is 60.3 Å². The summed E-state index contributed by atoms with van der Waals surface area (Å²) in [4.78, 5) is 2.58. The van der Waals surface area contributed by atoms with Crippen molar-refractivity contribution in [3.63, 3.8) is 0 Å². The largest absolute Gasteiger partial charge is 1.00 e. The minimum atomic E-state index is 0. The highest BCUT2D eigenvalue weighted by molar-refractivity contribution is 5.61. The molecule has 6 aliphatic heterocycles. The van der Waals surface area contributed by atoms with E-state index in [4.69, 9.17) is 14.2 Å². The zero-order chi connectivity index (χ0) is 43.1. The Morgan fingerprint density at radius 1 is 0.606 bits per heavy atom. The molecular formula is C58H76ClN3O4. The van der Waals surface area contributed by atoms with Crippen molar-refractivity contribution in [2.24, 2.45) is 35.5 Å². The molecule has 6 heterocycles. The monoisotopic (exact) mass is 914 g/mol. The maximum atomic E-state index is 10.9. The Labute approximate surface area is 402 Å². The zero-order valence-electron chi connectivity index (χ0n) is 39.2. The van der Waals surface area contributed by atoms with Crippen LogP contribution in [-0.2, 0) is 35.5 Å². The van der Waals surface area contributed by atoms with Crippen molar-refractivity contribution < 1.29 is 36.5 Å². The van der Waals surface area contributed by atoms with Gasteiger partial charge in [-0.15, -0.1) is 0 Å². The van der Waals surface area contributed by atoms with Gasteiger partial charge in [0.1, 0.15) is 48.1 Å². The van der Waals surface area contributed by atoms with Crippen LogP contribution in [0, 0.1) is 56.3 Å². The SMILES string of the molecule is C.C.Cc1ccc2c3c1O[C@H]1[C@@H](C)C=CC4C(C2)N(C)CC[C@@]341.Cc1ccc2c3c1O[C@H]1[C@@H](C)C=CC4C(C2)NCC[C@@]341.Cc1ccc2c3c1O[C@H]1[C@@H](C)C=CC4C(C2)[N@+](C)(O)CC[C@@]341.[Cl-]. The molecule has 0 amide bonds. The molecule has 3 saturated heterocycles. The van der Waals surface area contributed by atoms with Crippen LogP contribution in [0.25, 0.3) is 0 Å². The van der Waals surface area contributed by atoms with Gasteiger partial charge in [-0.3, -0.25) is 0 Å². The number of likely N-dealkylation sites (tertiary alicyclic amines) is 2. The van der Waals surface area contributed by atoms with Crippen LogP contribution in [0.5, 0.6) is 17.2 Å². The average molecular weight is 915 g/mol. The van der Waals surface area contributed by atoms with Gasteiger partial charge < -0.3 is 36.8 Å². The molecular weight excluding hydrogens is 838 g/mol. The Morgan fingerprint density at radius 3 is 1.61 bits per heavy atom. The van der Waals surface area contributed by atoms with Gasteiger partial charge in [-0.1, -0.05) is 108 Å². The number of ether oxygens (including phenoxy) is 3. The molecule has 0 aromatic heterocycles. The van der Waals surface area contributed by atoms with Crippen LogP contribution in [-0.4, -0.2) is 84.9 Å². The second-order valence-electron chi connectivity index (χ2n) is 22.8. The summed E-state index contributed by atoms with van der Waals surface area (Å²) in [7, 11) is 4.28. The lowest BCUT2D eigenvalue weighted by Gasteiger charge is -2.57. The van der Waals surface area contributed by atoms with Crippen LogP contribution < -0.4 is 31.9 Å². The molecule has 3 aromatic carbocycles. The Bertz CT molecular complexity index is 2570. The molecule has 6 aliphatic carbocycles. The summed E-state index contributed by atoms with van der Waals surface area (Å²) in [6.07, 6.45) is 22.2. The van der Waals surface area contributed by atoms with Gasteiger partial charge in [0, 0.05) is 88.0 Å². The molecule has 16 atom stereocenters. The minimum Gasteiger partial charge on any atom is -1.00 e. The summed E-state index contributed by atoms with van der Waals surface area (Å²) in [6, 6.07) is 15.2. The fraction of sp³-hybridized carbons (Fsp3) is 0.586. The molecule has 7 nitrogen and oxygen atoms in total. The van der Waals surface area contributed by atoms with E-state index in [0.717, 1.165) is 38.1 Å². The highest BCUT2D eigenvalue weighted by Gasteiger charge is 2.68. The number of rotatable bonds is 0. The Balaban J connectivity index is 0.000000114. The summed E-state index contributed by atoms with van der Waals surface area (Å²) in [5.41, 5.74) is 13.6. The standard InChI is InChI=1S/C19H24NO2.C19H23NO.C18H21NO.2CH4.ClH/c1-11-4-6-13-10-15-14-7-5-12(2)18-19(14,8-9-20(15,3)21)16(13)17(11)22-18;1-11-4-6-13-10-15-14-7-5-12(2)18-19(14,8-9-20(15)3)16(13)17(11)21-18;1-10-3-5-12-9-14-13-6-4-11(2)17-18(13,7-8-19-14)15(12)16(10)20-17;;;/h4-7,12,14-15,18,21H,8-10H2,1-3H3;4-7,12,14-15,18H,8-10H2,1-3H3;3-6,11,13-14,17,19H,7-9H2,1-2H3;2*1H4;1H/q+1;;;;;/p-1/t12-,14?,15?,18-,19-,20+;12-,14?,15?,18-,19-;11-,13?,14?,17-,18-;;;/m000.../s1. The Morgan fingerprint density at radius 2 is 1.06 bits per heavy atom. The fourth-order valence-electron chi connectivity index (χ4n) is 16.9. The van der Waals surface area contributed by atoms with E-state index in [1.54, 1.807) is 16.7 Å². The number of nitrogens with zero attached hydrogens (tertiary/aromatic N) is 2. The molecule has 3 spiro atoms. The van der Waals surface area contributed by atoms with Crippen LogP contribution in [0.2, 0.25) is 0 Å². The molecule has 6 unspecified atom stereocenters. The molecule has 0 saturated carbocycles. The lowest BCUT2D eigenvalue weighted by atomic mass is 9.52. The molecule has 66 heavy (non-hydrogen) atoms. The number of piperidine rings is 3. The van der Waals surface area contributed by atoms with Crippen LogP contribution in [0.15, 0.2) is 72.9 Å². The van der Waals surface area contributed by atoms with E-state index in [1.165, 1.54) is 70.7 Å². The molecule has 3 fully saturated rings. The number of hydrogen-bond donors (Lipinski definition) is 2. The number of aryl methyl sites for hydroxylation is 3. The maximum absolute atomic E-state index is 10.9. The van der Waals surface area contributed by atoms with Crippen molar-refractivity contribution in [1.29, 1.82) is 0 Å². The van der Waals surface area contributed by atoms with Crippen molar-refractivity contribution in [2.45, 2.75) is 148 Å². The van der Waals surface area contributed by atoms with Crippen molar-refractivity contribution in [1.82, 2.24) is 10.2 Å². The molecule has 12 aliphatic rings. The van der Waals surface area contributed by atoms with E-state index in [1.807, 2.05) is 7.05 Å². The number of likely N-dealkylation sites (N-methyl/N-ethyl adjacent to an activating group) is 2. The van der Waals surface area contributed by atoms with Gasteiger partial charge in [-0.25, -0.2) is 5.21 Å². The van der Waals surface area contributed by atoms with Crippen LogP contribution in [0.3, 0.4) is 0 Å². The average Bonchev–Trinajstić information content (AvgIpc) is 3.94. The molecule has 8 heteroatoms. The summed E-state index contributed by atoms with van der Waals surface area (Å²) < 4.78 is 19.8. The predicted octanol–water partition coefficient (Wildman–Crippen LogP) is 7.07. The van der Waals surface area contributed by atoms with Crippen LogP contribution in [0.1, 0.15) is 105 Å². The number of quaternary nitrogens is 1. The first-order valence-corrected chi connectivity index (χ1v) is 24.7. The van der Waals surface area contributed by atoms with Gasteiger partial charge in [0.25, 0.3) is 0 Å². The second kappa shape index (κ2) is 15.5. The van der Waals surface area contributed by atoms with Gasteiger partial charge in [0.05, 0.1) is 12.5 Å². The maximum Gasteiger partial charge on any atom is 0.130 e. The molecule has 2 N–H and O–H groups in total. The van der Waals surface area contributed by atoms with Gasteiger partial charge in [0.2, 0.25) is 0 Å². The van der Waals surface area contributed by atoms with E-state index >= 15 is 0 Å². The zero-order valence-corrected chi connectivity index (χ0v) is 39.9. The van der Waals surface area contributed by atoms with E-state index in [9.17, 15) is 5.21 Å². The molecule has 354 valence electrons. The second-order valence-corrected chi connectivity index (χ2v) is 22.8. The van der Waals surface area contributed by atoms with Crippen molar-refractivity contribution in [3.05, 3.63) is 123 Å². The normalized spacial score (nSPS) is 42.3. The van der Waals surface area contributed by atoms with E-state index in [2.05, 4.69) is 132 Å². The van der Waals surface area contributed by atoms with Crippen LogP contribution in [0.4, 0.5) is 0 Å². The number of nitrogens with one attached hydrogen (secondary N) is 1. The van der Waals surface area contributed by atoms with Gasteiger partial charge in [0.15, 0.2) is 0 Å². The van der Waals surface area contributed by atoms with Gasteiger partial charge in [-0.2, -0.15) is 4.65 Å². The first-order chi connectivity index (χ1) is 30.3. The first-order valence-electron chi connectivity index (χ1n) is 24.7. The third-order valence-electron chi connectivity index (χ3n) is 19.7.